The molecule has 1 aromatic rings. The SMILES string of the molecule is C[C@]1(C(=O)N[C@H]2CO[C@@H](C(=O)O)C2)CC(c2cc(F)cc(F)c2)=NO1. The molecule has 0 saturated carbocycles. The minimum Gasteiger partial charge on any atom is -0.479 e. The van der Waals surface area contributed by atoms with Crippen LogP contribution in [0.2, 0.25) is 0 Å². The highest BCUT2D eigenvalue weighted by atomic mass is 19.1. The Morgan fingerprint density at radius 1 is 1.32 bits per heavy atom. The molecule has 9 heteroatoms. The van der Waals surface area contributed by atoms with Gasteiger partial charge >= 0.3 is 5.97 Å². The van der Waals surface area contributed by atoms with Crippen LogP contribution in [0, 0.1) is 11.6 Å². The van der Waals surface area contributed by atoms with E-state index in [9.17, 15) is 18.4 Å². The van der Waals surface area contributed by atoms with E-state index in [2.05, 4.69) is 10.5 Å². The Balaban J connectivity index is 1.64. The van der Waals surface area contributed by atoms with Gasteiger partial charge in [-0.2, -0.15) is 0 Å². The predicted octanol–water partition coefficient (Wildman–Crippen LogP) is 1.21. The molecule has 25 heavy (non-hydrogen) atoms. The summed E-state index contributed by atoms with van der Waals surface area (Å²) >= 11 is 0. The molecule has 2 aliphatic rings. The van der Waals surface area contributed by atoms with Crippen molar-refractivity contribution < 1.29 is 33.1 Å². The number of nitrogens with zero attached hydrogens (tertiary/aromatic N) is 1. The third-order valence-electron chi connectivity index (χ3n) is 4.15. The normalized spacial score (nSPS) is 28.4. The van der Waals surface area contributed by atoms with E-state index in [1.165, 1.54) is 6.92 Å². The highest BCUT2D eigenvalue weighted by molar-refractivity contribution is 6.05. The molecule has 1 aromatic carbocycles. The van der Waals surface area contributed by atoms with Gasteiger partial charge in [0.2, 0.25) is 5.60 Å². The van der Waals surface area contributed by atoms with Gasteiger partial charge in [0.25, 0.3) is 5.91 Å². The Hall–Kier alpha value is -2.55. The molecule has 2 aliphatic heterocycles. The fourth-order valence-electron chi connectivity index (χ4n) is 2.77. The van der Waals surface area contributed by atoms with Crippen LogP contribution in [0.3, 0.4) is 0 Å². The third kappa shape index (κ3) is 3.60. The first-order valence-corrected chi connectivity index (χ1v) is 7.64. The molecule has 1 amide bonds. The molecule has 0 unspecified atom stereocenters. The number of halogens is 2. The number of hydrogen-bond donors (Lipinski definition) is 2. The lowest BCUT2D eigenvalue weighted by molar-refractivity contribution is -0.147. The summed E-state index contributed by atoms with van der Waals surface area (Å²) < 4.78 is 31.7. The van der Waals surface area contributed by atoms with Crippen molar-refractivity contribution in [1.82, 2.24) is 5.32 Å². The van der Waals surface area contributed by atoms with Crippen molar-refractivity contribution in [3.63, 3.8) is 0 Å². The molecule has 3 rings (SSSR count). The molecule has 7 nitrogen and oxygen atoms in total. The van der Waals surface area contributed by atoms with Gasteiger partial charge in [-0.3, -0.25) is 4.79 Å². The first-order chi connectivity index (χ1) is 11.8. The Kier molecular flexibility index (Phi) is 4.42. The number of carboxylic acid groups (broad SMARTS) is 1. The van der Waals surface area contributed by atoms with Crippen molar-refractivity contribution in [1.29, 1.82) is 0 Å². The Morgan fingerprint density at radius 2 is 2.00 bits per heavy atom. The van der Waals surface area contributed by atoms with Gasteiger partial charge in [0.15, 0.2) is 6.10 Å². The van der Waals surface area contributed by atoms with E-state index < -0.39 is 41.3 Å². The van der Waals surface area contributed by atoms with E-state index in [1.54, 1.807) is 0 Å². The van der Waals surface area contributed by atoms with Gasteiger partial charge in [0.05, 0.1) is 18.4 Å². The molecule has 0 aliphatic carbocycles. The summed E-state index contributed by atoms with van der Waals surface area (Å²) in [6.07, 6.45) is -0.776. The van der Waals surface area contributed by atoms with Crippen LogP contribution < -0.4 is 5.32 Å². The summed E-state index contributed by atoms with van der Waals surface area (Å²) in [4.78, 5) is 28.5. The molecule has 2 heterocycles. The lowest BCUT2D eigenvalue weighted by atomic mass is 9.94. The van der Waals surface area contributed by atoms with Crippen LogP contribution in [0.1, 0.15) is 25.3 Å². The van der Waals surface area contributed by atoms with Crippen LogP contribution in [-0.2, 0) is 19.2 Å². The van der Waals surface area contributed by atoms with Crippen molar-refractivity contribution in [2.24, 2.45) is 5.16 Å². The Morgan fingerprint density at radius 3 is 2.60 bits per heavy atom. The van der Waals surface area contributed by atoms with Crippen LogP contribution in [0.5, 0.6) is 0 Å². The van der Waals surface area contributed by atoms with Crippen LogP contribution in [0.25, 0.3) is 0 Å². The zero-order valence-corrected chi connectivity index (χ0v) is 13.3. The van der Waals surface area contributed by atoms with Crippen LogP contribution >= 0.6 is 0 Å². The van der Waals surface area contributed by atoms with E-state index in [-0.39, 0.29) is 30.7 Å². The van der Waals surface area contributed by atoms with E-state index in [0.29, 0.717) is 0 Å². The fraction of sp³-hybridized carbons (Fsp3) is 0.438. The minimum atomic E-state index is -1.35. The highest BCUT2D eigenvalue weighted by Gasteiger charge is 2.44. The van der Waals surface area contributed by atoms with Gasteiger partial charge in [-0.25, -0.2) is 13.6 Å². The predicted molar refractivity (Wildman–Crippen MR) is 80.9 cm³/mol. The first-order valence-electron chi connectivity index (χ1n) is 7.64. The summed E-state index contributed by atoms with van der Waals surface area (Å²) in [5.74, 6) is -3.08. The quantitative estimate of drug-likeness (QED) is 0.847. The van der Waals surface area contributed by atoms with Gasteiger partial charge in [-0.1, -0.05) is 5.16 Å². The largest absolute Gasteiger partial charge is 0.479 e. The molecule has 134 valence electrons. The average Bonchev–Trinajstić information content (AvgIpc) is 3.14. The number of amides is 1. The van der Waals surface area contributed by atoms with Gasteiger partial charge in [-0.05, 0) is 19.1 Å². The molecule has 1 fully saturated rings. The number of nitrogens with one attached hydrogen (secondary N) is 1. The summed E-state index contributed by atoms with van der Waals surface area (Å²) in [6.45, 7) is 1.58. The summed E-state index contributed by atoms with van der Waals surface area (Å²) in [5, 5.41) is 15.3. The smallest absolute Gasteiger partial charge is 0.332 e. The molecule has 3 atom stereocenters. The van der Waals surface area contributed by atoms with E-state index in [4.69, 9.17) is 14.7 Å². The number of hydrogen-bond acceptors (Lipinski definition) is 5. The number of carboxylic acids is 1. The summed E-state index contributed by atoms with van der Waals surface area (Å²) in [5.41, 5.74) is -0.898. The van der Waals surface area contributed by atoms with Crippen molar-refractivity contribution >= 4 is 17.6 Å². The Labute approximate surface area is 141 Å². The second kappa shape index (κ2) is 6.40. The molecule has 2 N–H and O–H groups in total. The lowest BCUT2D eigenvalue weighted by Gasteiger charge is -2.22. The number of carbonyl (C=O) groups excluding carboxylic acids is 1. The highest BCUT2D eigenvalue weighted by Crippen LogP contribution is 2.28. The summed E-state index contributed by atoms with van der Waals surface area (Å²) in [6, 6.07) is 2.50. The number of ether oxygens (including phenoxy) is 1. The molecule has 0 bridgehead atoms. The number of oxime groups is 1. The Bertz CT molecular complexity index is 734. The molecule has 0 spiro atoms. The maximum absolute atomic E-state index is 13.3. The molecule has 0 aromatic heterocycles. The fourth-order valence-corrected chi connectivity index (χ4v) is 2.77. The van der Waals surface area contributed by atoms with Crippen molar-refractivity contribution in [3.8, 4) is 0 Å². The number of aliphatic carboxylic acids is 1. The number of benzene rings is 1. The molecular formula is C16H16F2N2O5. The van der Waals surface area contributed by atoms with Crippen molar-refractivity contribution in [2.75, 3.05) is 6.61 Å². The van der Waals surface area contributed by atoms with Gasteiger partial charge in [0.1, 0.15) is 11.6 Å². The topological polar surface area (TPSA) is 97.2 Å². The van der Waals surface area contributed by atoms with Gasteiger partial charge in [0, 0.05) is 24.5 Å². The van der Waals surface area contributed by atoms with E-state index in [1.807, 2.05) is 0 Å². The van der Waals surface area contributed by atoms with Crippen molar-refractivity contribution in [3.05, 3.63) is 35.4 Å². The van der Waals surface area contributed by atoms with Gasteiger partial charge in [-0.15, -0.1) is 0 Å². The van der Waals surface area contributed by atoms with E-state index >= 15 is 0 Å². The first kappa shape index (κ1) is 17.3. The monoisotopic (exact) mass is 354 g/mol. The molecule has 1 saturated heterocycles. The van der Waals surface area contributed by atoms with Crippen molar-refractivity contribution in [2.45, 2.75) is 37.5 Å². The second-order valence-corrected chi connectivity index (χ2v) is 6.26. The van der Waals surface area contributed by atoms with Crippen LogP contribution in [-0.4, -0.2) is 47.0 Å². The lowest BCUT2D eigenvalue weighted by Crippen LogP contribution is -2.49. The second-order valence-electron chi connectivity index (χ2n) is 6.26. The zero-order chi connectivity index (χ0) is 18.2. The van der Waals surface area contributed by atoms with Crippen LogP contribution in [0.4, 0.5) is 8.78 Å². The maximum atomic E-state index is 13.3. The molecule has 0 radical (unpaired) electrons. The number of rotatable bonds is 4. The van der Waals surface area contributed by atoms with Gasteiger partial charge < -0.3 is 20.0 Å². The molecular weight excluding hydrogens is 338 g/mol. The average molecular weight is 354 g/mol. The third-order valence-corrected chi connectivity index (χ3v) is 4.15. The minimum absolute atomic E-state index is 0.0255. The standard InChI is InChI=1S/C16H16F2N2O5/c1-16(15(23)19-11-5-13(14(21)22)24-7-11)6-12(20-25-16)8-2-9(17)4-10(18)3-8/h2-4,11,13H,5-7H2,1H3,(H,19,23)(H,21,22)/t11-,13-,16-/m1/s1. The number of carbonyl (C=O) groups is 2. The maximum Gasteiger partial charge on any atom is 0.332 e. The van der Waals surface area contributed by atoms with E-state index in [0.717, 1.165) is 18.2 Å². The summed E-state index contributed by atoms with van der Waals surface area (Å²) in [7, 11) is 0. The zero-order valence-electron chi connectivity index (χ0n) is 13.3. The van der Waals surface area contributed by atoms with Crippen LogP contribution in [0.15, 0.2) is 23.4 Å².